The minimum atomic E-state index is -0.0350. The molecule has 0 heterocycles. The van der Waals surface area contributed by atoms with Crippen LogP contribution in [0.1, 0.15) is 78.2 Å². The van der Waals surface area contributed by atoms with Crippen molar-refractivity contribution in [3.63, 3.8) is 0 Å². The Morgan fingerprint density at radius 2 is 1.63 bits per heavy atom. The highest BCUT2D eigenvalue weighted by atomic mass is 16.2. The molecule has 27 heavy (non-hydrogen) atoms. The maximum Gasteiger partial charge on any atom is 0.224 e. The first-order valence-electron chi connectivity index (χ1n) is 10.5. The summed E-state index contributed by atoms with van der Waals surface area (Å²) in [5, 5.41) is 6.13. The maximum atomic E-state index is 12.4. The van der Waals surface area contributed by atoms with Crippen molar-refractivity contribution in [2.45, 2.75) is 78.7 Å². The number of carbonyl (C=O) groups is 2. The van der Waals surface area contributed by atoms with E-state index in [1.807, 2.05) is 31.2 Å². The molecule has 4 nitrogen and oxygen atoms in total. The Morgan fingerprint density at radius 3 is 2.26 bits per heavy atom. The van der Waals surface area contributed by atoms with E-state index < -0.39 is 0 Å². The summed E-state index contributed by atoms with van der Waals surface area (Å²) in [6.45, 7) is 10.8. The number of carbonyl (C=O) groups excluding carboxylic acids is 2. The number of nitrogens with one attached hydrogen (secondary N) is 2. The van der Waals surface area contributed by atoms with Gasteiger partial charge in [-0.25, -0.2) is 0 Å². The van der Waals surface area contributed by atoms with E-state index in [0.717, 1.165) is 12.1 Å². The van der Waals surface area contributed by atoms with Crippen LogP contribution in [0.2, 0.25) is 0 Å². The standard InChI is InChI=1S/C23H36N2O2/c1-15(2)19-9-11-20(12-10-19)24-22(26)13-16(3)14-23(27)25-21-8-6-7-17(4)18(21)5/h9-12,15-18,21H,6-8,13-14H2,1-5H3,(H,24,26)(H,25,27)/t16-,17+,18-,21+/m0/s1. The minimum Gasteiger partial charge on any atom is -0.353 e. The number of hydrogen-bond donors (Lipinski definition) is 2. The van der Waals surface area contributed by atoms with Gasteiger partial charge in [0.05, 0.1) is 0 Å². The molecular weight excluding hydrogens is 336 g/mol. The van der Waals surface area contributed by atoms with Crippen molar-refractivity contribution in [1.29, 1.82) is 0 Å². The third kappa shape index (κ3) is 6.67. The van der Waals surface area contributed by atoms with Crippen LogP contribution in [0.5, 0.6) is 0 Å². The number of rotatable bonds is 7. The van der Waals surface area contributed by atoms with Crippen LogP contribution in [0.15, 0.2) is 24.3 Å². The molecule has 1 aromatic rings. The number of hydrogen-bond acceptors (Lipinski definition) is 2. The van der Waals surface area contributed by atoms with Gasteiger partial charge in [0.2, 0.25) is 11.8 Å². The van der Waals surface area contributed by atoms with Gasteiger partial charge in [0.1, 0.15) is 0 Å². The molecule has 1 fully saturated rings. The van der Waals surface area contributed by atoms with E-state index >= 15 is 0 Å². The molecule has 0 unspecified atom stereocenters. The fourth-order valence-electron chi connectivity index (χ4n) is 3.92. The average molecular weight is 373 g/mol. The summed E-state index contributed by atoms with van der Waals surface area (Å²) in [6.07, 6.45) is 4.26. The highest BCUT2D eigenvalue weighted by Crippen LogP contribution is 2.29. The third-order valence-electron chi connectivity index (χ3n) is 5.98. The lowest BCUT2D eigenvalue weighted by atomic mass is 9.78. The van der Waals surface area contributed by atoms with E-state index in [4.69, 9.17) is 0 Å². The number of anilines is 1. The van der Waals surface area contributed by atoms with Crippen molar-refractivity contribution in [2.75, 3.05) is 5.32 Å². The van der Waals surface area contributed by atoms with Crippen molar-refractivity contribution in [2.24, 2.45) is 17.8 Å². The summed E-state index contributed by atoms with van der Waals surface area (Å²) in [6, 6.07) is 8.25. The van der Waals surface area contributed by atoms with E-state index in [1.165, 1.54) is 18.4 Å². The zero-order valence-electron chi connectivity index (χ0n) is 17.5. The lowest BCUT2D eigenvalue weighted by molar-refractivity contribution is -0.123. The van der Waals surface area contributed by atoms with Gasteiger partial charge in [-0.2, -0.15) is 0 Å². The smallest absolute Gasteiger partial charge is 0.224 e. The molecule has 0 aromatic heterocycles. The second kappa shape index (κ2) is 9.91. The second-order valence-corrected chi connectivity index (χ2v) is 8.78. The molecule has 0 saturated heterocycles. The summed E-state index contributed by atoms with van der Waals surface area (Å²) >= 11 is 0. The Kier molecular flexibility index (Phi) is 7.88. The van der Waals surface area contributed by atoms with Crippen molar-refractivity contribution < 1.29 is 9.59 Å². The molecule has 0 aliphatic heterocycles. The zero-order chi connectivity index (χ0) is 20.0. The topological polar surface area (TPSA) is 58.2 Å². The molecule has 4 heteroatoms. The van der Waals surface area contributed by atoms with E-state index in [1.54, 1.807) is 0 Å². The van der Waals surface area contributed by atoms with Crippen LogP contribution < -0.4 is 10.6 Å². The van der Waals surface area contributed by atoms with Gasteiger partial charge in [-0.3, -0.25) is 9.59 Å². The molecule has 0 spiro atoms. The third-order valence-corrected chi connectivity index (χ3v) is 5.98. The molecule has 1 aliphatic carbocycles. The maximum absolute atomic E-state index is 12.4. The Balaban J connectivity index is 1.76. The van der Waals surface area contributed by atoms with Crippen LogP contribution in [-0.2, 0) is 9.59 Å². The van der Waals surface area contributed by atoms with Crippen LogP contribution >= 0.6 is 0 Å². The molecule has 0 bridgehead atoms. The van der Waals surface area contributed by atoms with Crippen LogP contribution in [-0.4, -0.2) is 17.9 Å². The van der Waals surface area contributed by atoms with Crippen molar-refractivity contribution in [3.05, 3.63) is 29.8 Å². The minimum absolute atomic E-state index is 0.0243. The first-order chi connectivity index (χ1) is 12.8. The predicted octanol–water partition coefficient (Wildman–Crippen LogP) is 5.11. The molecule has 4 atom stereocenters. The summed E-state index contributed by atoms with van der Waals surface area (Å²) in [7, 11) is 0. The fraction of sp³-hybridized carbons (Fsp3) is 0.652. The largest absolute Gasteiger partial charge is 0.353 e. The Labute approximate surface area is 164 Å². The first-order valence-corrected chi connectivity index (χ1v) is 10.5. The predicted molar refractivity (Wildman–Crippen MR) is 112 cm³/mol. The molecule has 1 saturated carbocycles. The van der Waals surface area contributed by atoms with Crippen LogP contribution in [0.4, 0.5) is 5.69 Å². The first kappa shape index (κ1) is 21.5. The molecule has 1 aromatic carbocycles. The average Bonchev–Trinajstić information content (AvgIpc) is 2.59. The Bertz CT molecular complexity index is 624. The summed E-state index contributed by atoms with van der Waals surface area (Å²) < 4.78 is 0. The van der Waals surface area contributed by atoms with Gasteiger partial charge in [0, 0.05) is 24.6 Å². The fourth-order valence-corrected chi connectivity index (χ4v) is 3.92. The molecule has 2 N–H and O–H groups in total. The van der Waals surface area contributed by atoms with E-state index in [0.29, 0.717) is 30.6 Å². The van der Waals surface area contributed by atoms with Gasteiger partial charge >= 0.3 is 0 Å². The van der Waals surface area contributed by atoms with Crippen molar-refractivity contribution >= 4 is 17.5 Å². The molecular formula is C23H36N2O2. The zero-order valence-corrected chi connectivity index (χ0v) is 17.5. The lowest BCUT2D eigenvalue weighted by Gasteiger charge is -2.34. The van der Waals surface area contributed by atoms with Gasteiger partial charge in [0.25, 0.3) is 0 Å². The van der Waals surface area contributed by atoms with Gasteiger partial charge in [-0.15, -0.1) is 0 Å². The number of amides is 2. The molecule has 2 rings (SSSR count). The van der Waals surface area contributed by atoms with Gasteiger partial charge < -0.3 is 10.6 Å². The van der Waals surface area contributed by atoms with Crippen molar-refractivity contribution in [1.82, 2.24) is 5.32 Å². The molecule has 2 amide bonds. The van der Waals surface area contributed by atoms with Crippen LogP contribution in [0.25, 0.3) is 0 Å². The monoisotopic (exact) mass is 372 g/mol. The van der Waals surface area contributed by atoms with E-state index in [9.17, 15) is 9.59 Å². The molecule has 0 radical (unpaired) electrons. The van der Waals surface area contributed by atoms with E-state index in [-0.39, 0.29) is 23.8 Å². The summed E-state index contributed by atoms with van der Waals surface area (Å²) in [5.74, 6) is 1.72. The van der Waals surface area contributed by atoms with E-state index in [2.05, 4.69) is 38.3 Å². The highest BCUT2D eigenvalue weighted by Gasteiger charge is 2.28. The summed E-state index contributed by atoms with van der Waals surface area (Å²) in [4.78, 5) is 24.6. The normalized spacial score (nSPS) is 23.7. The second-order valence-electron chi connectivity index (χ2n) is 8.78. The molecule has 1 aliphatic rings. The Morgan fingerprint density at radius 1 is 1.00 bits per heavy atom. The van der Waals surface area contributed by atoms with Crippen molar-refractivity contribution in [3.8, 4) is 0 Å². The lowest BCUT2D eigenvalue weighted by Crippen LogP contribution is -2.44. The molecule has 150 valence electrons. The van der Waals surface area contributed by atoms with Gasteiger partial charge in [-0.05, 0) is 47.8 Å². The highest BCUT2D eigenvalue weighted by molar-refractivity contribution is 5.91. The Hall–Kier alpha value is -1.84. The number of benzene rings is 1. The van der Waals surface area contributed by atoms with Gasteiger partial charge in [0.15, 0.2) is 0 Å². The summed E-state index contributed by atoms with van der Waals surface area (Å²) in [5.41, 5.74) is 2.07. The SMILES string of the molecule is CC(C)c1ccc(NC(=O)C[C@H](C)CC(=O)N[C@@H]2CCC[C@@H](C)[C@@H]2C)cc1. The quantitative estimate of drug-likeness (QED) is 0.699. The van der Waals surface area contributed by atoms with Crippen LogP contribution in [0, 0.1) is 17.8 Å². The van der Waals surface area contributed by atoms with Gasteiger partial charge in [-0.1, -0.05) is 59.6 Å². The van der Waals surface area contributed by atoms with Crippen LogP contribution in [0.3, 0.4) is 0 Å².